The molecule has 37 heavy (non-hydrogen) atoms. The molecule has 2 aromatic heterocycles. The first-order valence-electron chi connectivity index (χ1n) is 12.6. The number of benzene rings is 1. The van der Waals surface area contributed by atoms with E-state index in [9.17, 15) is 9.59 Å². The van der Waals surface area contributed by atoms with Crippen LogP contribution in [-0.4, -0.2) is 58.3 Å². The molecule has 1 atom stereocenters. The third kappa shape index (κ3) is 7.13. The predicted molar refractivity (Wildman–Crippen MR) is 144 cm³/mol. The van der Waals surface area contributed by atoms with Crippen LogP contribution in [0.3, 0.4) is 0 Å². The Balaban J connectivity index is 1.49. The summed E-state index contributed by atoms with van der Waals surface area (Å²) < 4.78 is 10.7. The summed E-state index contributed by atoms with van der Waals surface area (Å²) in [4.78, 5) is 38.0. The summed E-state index contributed by atoms with van der Waals surface area (Å²) in [7, 11) is 0. The second kappa shape index (κ2) is 11.5. The molecule has 8 heteroatoms. The number of anilines is 1. The SMILES string of the molecule is CCOC(=O)/C=C/c1ccc(N(C(=O)OC(C)(C)C)[C@@H]2CCN(Cc3cc4ccccc4cn3)C2)nc1. The first-order valence-corrected chi connectivity index (χ1v) is 12.6. The highest BCUT2D eigenvalue weighted by Crippen LogP contribution is 2.26. The van der Waals surface area contributed by atoms with Gasteiger partial charge in [0.15, 0.2) is 0 Å². The fourth-order valence-electron chi connectivity index (χ4n) is 4.35. The van der Waals surface area contributed by atoms with Crippen LogP contribution in [0, 0.1) is 0 Å². The Kier molecular flexibility index (Phi) is 8.18. The van der Waals surface area contributed by atoms with E-state index in [1.54, 1.807) is 30.2 Å². The van der Waals surface area contributed by atoms with E-state index in [1.165, 1.54) is 11.5 Å². The number of amides is 1. The van der Waals surface area contributed by atoms with Crippen molar-refractivity contribution in [2.45, 2.75) is 52.3 Å². The molecule has 0 spiro atoms. The third-order valence-corrected chi connectivity index (χ3v) is 5.99. The van der Waals surface area contributed by atoms with Crippen LogP contribution in [0.25, 0.3) is 16.8 Å². The van der Waals surface area contributed by atoms with Crippen molar-refractivity contribution >= 4 is 34.7 Å². The Hall–Kier alpha value is -3.78. The van der Waals surface area contributed by atoms with Crippen molar-refractivity contribution in [3.63, 3.8) is 0 Å². The highest BCUT2D eigenvalue weighted by Gasteiger charge is 2.35. The van der Waals surface area contributed by atoms with Gasteiger partial charge in [-0.05, 0) is 69.3 Å². The summed E-state index contributed by atoms with van der Waals surface area (Å²) in [6.45, 7) is 9.86. The number of carbonyl (C=O) groups excluding carboxylic acids is 2. The van der Waals surface area contributed by atoms with E-state index >= 15 is 0 Å². The minimum atomic E-state index is -0.634. The number of hydrogen-bond acceptors (Lipinski definition) is 7. The maximum atomic E-state index is 13.3. The smallest absolute Gasteiger partial charge is 0.416 e. The lowest BCUT2D eigenvalue weighted by atomic mass is 10.1. The molecule has 1 amide bonds. The number of rotatable bonds is 7. The molecule has 8 nitrogen and oxygen atoms in total. The van der Waals surface area contributed by atoms with E-state index < -0.39 is 17.7 Å². The number of aromatic nitrogens is 2. The molecule has 0 N–H and O–H groups in total. The number of ether oxygens (including phenoxy) is 2. The van der Waals surface area contributed by atoms with E-state index in [0.29, 0.717) is 25.5 Å². The molecule has 0 aliphatic carbocycles. The Morgan fingerprint density at radius 3 is 2.59 bits per heavy atom. The maximum absolute atomic E-state index is 13.3. The van der Waals surface area contributed by atoms with Crippen LogP contribution in [0.15, 0.2) is 60.9 Å². The largest absolute Gasteiger partial charge is 0.463 e. The maximum Gasteiger partial charge on any atom is 0.416 e. The van der Waals surface area contributed by atoms with Crippen LogP contribution in [0.2, 0.25) is 0 Å². The molecule has 4 rings (SSSR count). The second-order valence-electron chi connectivity index (χ2n) is 10.1. The van der Waals surface area contributed by atoms with Crippen LogP contribution < -0.4 is 4.90 Å². The lowest BCUT2D eigenvalue weighted by Crippen LogP contribution is -2.45. The van der Waals surface area contributed by atoms with Gasteiger partial charge in [0, 0.05) is 43.5 Å². The molecule has 3 heterocycles. The van der Waals surface area contributed by atoms with Gasteiger partial charge in [0.25, 0.3) is 0 Å². The molecule has 3 aromatic rings. The summed E-state index contributed by atoms with van der Waals surface area (Å²) in [5, 5.41) is 2.29. The molecule has 1 saturated heterocycles. The zero-order valence-corrected chi connectivity index (χ0v) is 21.9. The average Bonchev–Trinajstić information content (AvgIpc) is 3.30. The van der Waals surface area contributed by atoms with Gasteiger partial charge in [-0.25, -0.2) is 14.6 Å². The molecule has 0 unspecified atom stereocenters. The van der Waals surface area contributed by atoms with Gasteiger partial charge < -0.3 is 9.47 Å². The summed E-state index contributed by atoms with van der Waals surface area (Å²) >= 11 is 0. The van der Waals surface area contributed by atoms with Gasteiger partial charge >= 0.3 is 12.1 Å². The summed E-state index contributed by atoms with van der Waals surface area (Å²) in [5.74, 6) is 0.104. The van der Waals surface area contributed by atoms with Gasteiger partial charge in [0.1, 0.15) is 11.4 Å². The molecular formula is C29H34N4O4. The van der Waals surface area contributed by atoms with Crippen LogP contribution in [-0.2, 0) is 20.8 Å². The van der Waals surface area contributed by atoms with Gasteiger partial charge in [-0.15, -0.1) is 0 Å². The molecule has 1 aliphatic heterocycles. The predicted octanol–water partition coefficient (Wildman–Crippen LogP) is 5.22. The number of pyridine rings is 2. The van der Waals surface area contributed by atoms with Crippen molar-refractivity contribution in [3.8, 4) is 0 Å². The summed E-state index contributed by atoms with van der Waals surface area (Å²) in [6.07, 6.45) is 6.91. The standard InChI is InChI=1S/C29H34N4O4/c1-5-36-27(34)13-11-21-10-12-26(31-17-21)33(28(35)37-29(2,3)4)25-14-15-32(20-25)19-24-16-22-8-6-7-9-23(22)18-30-24/h6-13,16-18,25H,5,14-15,19-20H2,1-4H3/b13-11+/t25-/m1/s1. The van der Waals surface area contributed by atoms with Crippen molar-refractivity contribution in [2.75, 3.05) is 24.6 Å². The topological polar surface area (TPSA) is 84.9 Å². The first-order chi connectivity index (χ1) is 17.7. The van der Waals surface area contributed by atoms with E-state index in [0.717, 1.165) is 29.6 Å². The van der Waals surface area contributed by atoms with Crippen molar-refractivity contribution in [1.29, 1.82) is 0 Å². The lowest BCUT2D eigenvalue weighted by Gasteiger charge is -2.31. The Morgan fingerprint density at radius 1 is 1.11 bits per heavy atom. The van der Waals surface area contributed by atoms with Gasteiger partial charge in [0.2, 0.25) is 0 Å². The normalized spacial score (nSPS) is 16.3. The van der Waals surface area contributed by atoms with E-state index in [-0.39, 0.29) is 6.04 Å². The number of nitrogens with zero attached hydrogens (tertiary/aromatic N) is 4. The van der Waals surface area contributed by atoms with Crippen molar-refractivity contribution in [3.05, 3.63) is 72.2 Å². The minimum Gasteiger partial charge on any atom is -0.463 e. The minimum absolute atomic E-state index is 0.0938. The Labute approximate surface area is 217 Å². The van der Waals surface area contributed by atoms with Crippen molar-refractivity contribution in [1.82, 2.24) is 14.9 Å². The summed E-state index contributed by atoms with van der Waals surface area (Å²) in [5.41, 5.74) is 1.10. The molecular weight excluding hydrogens is 468 g/mol. The van der Waals surface area contributed by atoms with Crippen LogP contribution >= 0.6 is 0 Å². The quantitative estimate of drug-likeness (QED) is 0.323. The van der Waals surface area contributed by atoms with Crippen LogP contribution in [0.5, 0.6) is 0 Å². The van der Waals surface area contributed by atoms with E-state index in [1.807, 2.05) is 45.2 Å². The second-order valence-corrected chi connectivity index (χ2v) is 10.1. The average molecular weight is 503 g/mol. The Bertz CT molecular complexity index is 1270. The molecule has 0 bridgehead atoms. The van der Waals surface area contributed by atoms with E-state index in [2.05, 4.69) is 33.1 Å². The molecule has 0 saturated carbocycles. The molecule has 1 aromatic carbocycles. The number of carbonyl (C=O) groups is 2. The third-order valence-electron chi connectivity index (χ3n) is 5.99. The molecule has 1 aliphatic rings. The monoisotopic (exact) mass is 502 g/mol. The molecule has 1 fully saturated rings. The van der Waals surface area contributed by atoms with Crippen molar-refractivity contribution < 1.29 is 19.1 Å². The van der Waals surface area contributed by atoms with Crippen molar-refractivity contribution in [2.24, 2.45) is 0 Å². The van der Waals surface area contributed by atoms with Gasteiger partial charge in [-0.3, -0.25) is 14.8 Å². The zero-order valence-electron chi connectivity index (χ0n) is 21.9. The van der Waals surface area contributed by atoms with E-state index in [4.69, 9.17) is 9.47 Å². The molecule has 0 radical (unpaired) electrons. The highest BCUT2D eigenvalue weighted by molar-refractivity contribution is 5.88. The Morgan fingerprint density at radius 2 is 1.89 bits per heavy atom. The number of hydrogen-bond donors (Lipinski definition) is 0. The number of likely N-dealkylation sites (tertiary alicyclic amines) is 1. The first kappa shape index (κ1) is 26.3. The highest BCUT2D eigenvalue weighted by atomic mass is 16.6. The van der Waals surface area contributed by atoms with Gasteiger partial charge in [-0.1, -0.05) is 24.3 Å². The lowest BCUT2D eigenvalue weighted by molar-refractivity contribution is -0.137. The van der Waals surface area contributed by atoms with Gasteiger partial charge in [-0.2, -0.15) is 0 Å². The zero-order chi connectivity index (χ0) is 26.4. The fourth-order valence-corrected chi connectivity index (χ4v) is 4.35. The van der Waals surface area contributed by atoms with Crippen LogP contribution in [0.4, 0.5) is 10.6 Å². The van der Waals surface area contributed by atoms with Crippen LogP contribution in [0.1, 0.15) is 45.4 Å². The number of fused-ring (bicyclic) bond motifs is 1. The number of esters is 1. The molecule has 194 valence electrons. The van der Waals surface area contributed by atoms with Gasteiger partial charge in [0.05, 0.1) is 18.3 Å². The summed E-state index contributed by atoms with van der Waals surface area (Å²) in [6, 6.07) is 13.8. The fraction of sp³-hybridized carbons (Fsp3) is 0.379.